The number of ether oxygens (including phenoxy) is 1. The van der Waals surface area contributed by atoms with Crippen LogP contribution in [0, 0.1) is 5.92 Å². The Balaban J connectivity index is 1.98. The first kappa shape index (κ1) is 14.2. The molecule has 0 radical (unpaired) electrons. The summed E-state index contributed by atoms with van der Waals surface area (Å²) in [5.74, 6) is 0.265. The predicted molar refractivity (Wildman–Crippen MR) is 86.9 cm³/mol. The minimum atomic E-state index is -0.311. The molecule has 1 fully saturated rings. The molecule has 0 amide bonds. The molecule has 1 aliphatic carbocycles. The summed E-state index contributed by atoms with van der Waals surface area (Å²) in [5, 5.41) is 11.1. The van der Waals surface area contributed by atoms with E-state index in [2.05, 4.69) is 48.0 Å². The summed E-state index contributed by atoms with van der Waals surface area (Å²) < 4.78 is 8.40. The zero-order valence-corrected chi connectivity index (χ0v) is 13.5. The van der Waals surface area contributed by atoms with E-state index in [1.54, 1.807) is 0 Å². The topological polar surface area (TPSA) is 37.6 Å². The maximum absolute atomic E-state index is 9.72. The van der Waals surface area contributed by atoms with E-state index in [4.69, 9.17) is 4.74 Å². The second-order valence-electron chi connectivity index (χ2n) is 6.97. The Labute approximate surface area is 131 Å². The monoisotopic (exact) mass is 300 g/mol. The Morgan fingerprint density at radius 2 is 2.18 bits per heavy atom. The van der Waals surface area contributed by atoms with Crippen LogP contribution < -0.4 is 0 Å². The van der Waals surface area contributed by atoms with Crippen molar-refractivity contribution >= 4 is 10.9 Å². The highest BCUT2D eigenvalue weighted by molar-refractivity contribution is 5.89. The molecule has 1 N–H and O–H groups in total. The van der Waals surface area contributed by atoms with Crippen molar-refractivity contribution < 1.29 is 9.84 Å². The van der Waals surface area contributed by atoms with Crippen LogP contribution in [0.25, 0.3) is 10.9 Å². The number of nitrogens with zero attached hydrogens (tertiary/aromatic N) is 2. The maximum atomic E-state index is 9.72. The lowest BCUT2D eigenvalue weighted by molar-refractivity contribution is -0.130. The van der Waals surface area contributed by atoms with Gasteiger partial charge < -0.3 is 14.4 Å². The lowest BCUT2D eigenvalue weighted by atomic mass is 9.69. The van der Waals surface area contributed by atoms with Crippen LogP contribution in [0.1, 0.15) is 17.5 Å². The third kappa shape index (κ3) is 1.69. The Kier molecular flexibility index (Phi) is 3.12. The molecular formula is C18H24N2O2. The van der Waals surface area contributed by atoms with Crippen LogP contribution in [0.4, 0.5) is 0 Å². The van der Waals surface area contributed by atoms with Crippen molar-refractivity contribution in [2.75, 3.05) is 27.3 Å². The molecule has 1 saturated heterocycles. The van der Waals surface area contributed by atoms with Gasteiger partial charge in [-0.1, -0.05) is 12.1 Å². The van der Waals surface area contributed by atoms with E-state index in [-0.39, 0.29) is 18.1 Å². The van der Waals surface area contributed by atoms with E-state index in [9.17, 15) is 5.11 Å². The number of piperidine rings is 1. The lowest BCUT2D eigenvalue weighted by Crippen LogP contribution is -2.59. The highest BCUT2D eigenvalue weighted by atomic mass is 16.5. The molecule has 22 heavy (non-hydrogen) atoms. The van der Waals surface area contributed by atoms with E-state index in [1.165, 1.54) is 22.0 Å². The van der Waals surface area contributed by atoms with Gasteiger partial charge in [0.1, 0.15) is 5.60 Å². The van der Waals surface area contributed by atoms with Crippen molar-refractivity contribution in [2.24, 2.45) is 13.0 Å². The number of likely N-dealkylation sites (N-methyl/N-ethyl adjacent to an activating group) is 1. The van der Waals surface area contributed by atoms with Crippen molar-refractivity contribution in [3.63, 3.8) is 0 Å². The van der Waals surface area contributed by atoms with Crippen LogP contribution in [0.2, 0.25) is 0 Å². The van der Waals surface area contributed by atoms with Gasteiger partial charge in [0.15, 0.2) is 0 Å². The average molecular weight is 300 g/mol. The van der Waals surface area contributed by atoms with Crippen molar-refractivity contribution in [1.82, 2.24) is 9.47 Å². The summed E-state index contributed by atoms with van der Waals surface area (Å²) in [4.78, 5) is 2.38. The quantitative estimate of drug-likeness (QED) is 0.920. The molecule has 1 aliphatic heterocycles. The summed E-state index contributed by atoms with van der Waals surface area (Å²) in [7, 11) is 6.10. The molecule has 0 spiro atoms. The Morgan fingerprint density at radius 3 is 2.91 bits per heavy atom. The van der Waals surface area contributed by atoms with Crippen LogP contribution in [-0.4, -0.2) is 47.9 Å². The minimum absolute atomic E-state index is 0.222. The Morgan fingerprint density at radius 1 is 1.36 bits per heavy atom. The molecule has 1 aromatic carbocycles. The normalized spacial score (nSPS) is 31.5. The Hall–Kier alpha value is -1.36. The molecular weight excluding hydrogens is 276 g/mol. The fourth-order valence-corrected chi connectivity index (χ4v) is 4.84. The average Bonchev–Trinajstić information content (AvgIpc) is 2.86. The number of aliphatic hydroxyl groups is 1. The number of aromatic nitrogens is 1. The van der Waals surface area contributed by atoms with Crippen molar-refractivity contribution in [1.29, 1.82) is 0 Å². The standard InChI is InChI=1S/C18H24N2O2/c1-19-10-13-7-16-18(22-3,8-12(11-21)9-20(16)2)14-5-4-6-15(19)17(13)14/h4-6,10,12,16,21H,7-9,11H2,1-3H3/t12?,16-,18+/m1/s1. The summed E-state index contributed by atoms with van der Waals surface area (Å²) in [6.07, 6.45) is 4.17. The van der Waals surface area contributed by atoms with Crippen LogP contribution in [-0.2, 0) is 23.8 Å². The van der Waals surface area contributed by atoms with Gasteiger partial charge in [-0.25, -0.2) is 0 Å². The number of benzene rings is 1. The lowest BCUT2D eigenvalue weighted by Gasteiger charge is -2.52. The first-order valence-corrected chi connectivity index (χ1v) is 8.04. The number of likely N-dealkylation sites (tertiary alicyclic amines) is 1. The number of aryl methyl sites for hydroxylation is 1. The van der Waals surface area contributed by atoms with Crippen molar-refractivity contribution in [3.8, 4) is 0 Å². The SMILES string of the molecule is CO[C@]12CC(CO)CN(C)[C@@H]1Cc1cn(C)c3cccc2c13. The molecule has 2 aliphatic rings. The van der Waals surface area contributed by atoms with Gasteiger partial charge in [-0.3, -0.25) is 4.90 Å². The van der Waals surface area contributed by atoms with Gasteiger partial charge in [0.05, 0.1) is 0 Å². The smallest absolute Gasteiger partial charge is 0.110 e. The molecule has 4 heteroatoms. The van der Waals surface area contributed by atoms with E-state index < -0.39 is 0 Å². The molecule has 3 atom stereocenters. The highest BCUT2D eigenvalue weighted by Crippen LogP contribution is 2.49. The number of aliphatic hydroxyl groups excluding tert-OH is 1. The third-order valence-corrected chi connectivity index (χ3v) is 5.79. The second-order valence-corrected chi connectivity index (χ2v) is 6.97. The first-order chi connectivity index (χ1) is 10.6. The number of methoxy groups -OCH3 is 1. The van der Waals surface area contributed by atoms with Gasteiger partial charge in [0.25, 0.3) is 0 Å². The van der Waals surface area contributed by atoms with Gasteiger partial charge in [-0.15, -0.1) is 0 Å². The van der Waals surface area contributed by atoms with Crippen LogP contribution in [0.3, 0.4) is 0 Å². The number of fused-ring (bicyclic) bond motifs is 2. The Bertz CT molecular complexity index is 723. The van der Waals surface area contributed by atoms with E-state index in [0.29, 0.717) is 6.04 Å². The summed E-state index contributed by atoms with van der Waals surface area (Å²) >= 11 is 0. The number of rotatable bonds is 2. The van der Waals surface area contributed by atoms with Crippen LogP contribution >= 0.6 is 0 Å². The molecule has 2 aromatic rings. The van der Waals surface area contributed by atoms with E-state index in [0.717, 1.165) is 19.4 Å². The molecule has 1 aromatic heterocycles. The second kappa shape index (κ2) is 4.82. The molecule has 4 rings (SSSR count). The molecule has 1 unspecified atom stereocenters. The number of hydrogen-bond donors (Lipinski definition) is 1. The highest BCUT2D eigenvalue weighted by Gasteiger charge is 2.51. The molecule has 4 nitrogen and oxygen atoms in total. The largest absolute Gasteiger partial charge is 0.396 e. The third-order valence-electron chi connectivity index (χ3n) is 5.79. The fraction of sp³-hybridized carbons (Fsp3) is 0.556. The molecule has 2 heterocycles. The van der Waals surface area contributed by atoms with Crippen molar-refractivity contribution in [3.05, 3.63) is 35.5 Å². The van der Waals surface area contributed by atoms with Gasteiger partial charge in [0.2, 0.25) is 0 Å². The van der Waals surface area contributed by atoms with Gasteiger partial charge in [-0.2, -0.15) is 0 Å². The fourth-order valence-electron chi connectivity index (χ4n) is 4.84. The maximum Gasteiger partial charge on any atom is 0.110 e. The minimum Gasteiger partial charge on any atom is -0.396 e. The van der Waals surface area contributed by atoms with Crippen LogP contribution in [0.15, 0.2) is 24.4 Å². The summed E-state index contributed by atoms with van der Waals surface area (Å²) in [6, 6.07) is 6.87. The number of hydrogen-bond acceptors (Lipinski definition) is 3. The van der Waals surface area contributed by atoms with Crippen molar-refractivity contribution in [2.45, 2.75) is 24.5 Å². The zero-order chi connectivity index (χ0) is 15.5. The molecule has 0 bridgehead atoms. The van der Waals surface area contributed by atoms with Gasteiger partial charge in [-0.05, 0) is 43.0 Å². The van der Waals surface area contributed by atoms with E-state index in [1.807, 2.05) is 7.11 Å². The summed E-state index contributed by atoms with van der Waals surface area (Å²) in [6.45, 7) is 1.16. The molecule has 118 valence electrons. The van der Waals surface area contributed by atoms with Gasteiger partial charge >= 0.3 is 0 Å². The predicted octanol–water partition coefficient (Wildman–Crippen LogP) is 1.89. The first-order valence-electron chi connectivity index (χ1n) is 8.04. The van der Waals surface area contributed by atoms with Gasteiger partial charge in [0, 0.05) is 50.5 Å². The summed E-state index contributed by atoms with van der Waals surface area (Å²) in [5.41, 5.74) is 3.68. The van der Waals surface area contributed by atoms with E-state index >= 15 is 0 Å². The van der Waals surface area contributed by atoms with Crippen LogP contribution in [0.5, 0.6) is 0 Å². The zero-order valence-electron chi connectivity index (χ0n) is 13.5. The molecule has 0 saturated carbocycles.